The summed E-state index contributed by atoms with van der Waals surface area (Å²) in [6, 6.07) is 6.58. The zero-order chi connectivity index (χ0) is 25.2. The molecule has 0 bridgehead atoms. The van der Waals surface area contributed by atoms with Crippen LogP contribution in [0.5, 0.6) is 0 Å². The molecule has 3 heterocycles. The average Bonchev–Trinajstić information content (AvgIpc) is 2.86. The third kappa shape index (κ3) is 5.39. The first-order valence-corrected chi connectivity index (χ1v) is 11.6. The quantitative estimate of drug-likeness (QED) is 0.437. The summed E-state index contributed by atoms with van der Waals surface area (Å²) in [7, 11) is 0. The van der Waals surface area contributed by atoms with Gasteiger partial charge in [-0.1, -0.05) is 11.6 Å². The number of hydrogen-bond acceptors (Lipinski definition) is 7. The molecule has 1 aliphatic heterocycles. The first kappa shape index (κ1) is 24.9. The van der Waals surface area contributed by atoms with Crippen molar-refractivity contribution in [3.05, 3.63) is 52.9 Å². The first-order valence-electron chi connectivity index (χ1n) is 11.2. The molecule has 12 heteroatoms. The lowest BCUT2D eigenvalue weighted by Gasteiger charge is -2.36. The number of benzene rings is 1. The maximum Gasteiger partial charge on any atom is 0.419 e. The molecule has 0 radical (unpaired) electrons. The van der Waals surface area contributed by atoms with Crippen LogP contribution in [0.15, 0.2) is 36.5 Å². The van der Waals surface area contributed by atoms with Gasteiger partial charge in [-0.15, -0.1) is 0 Å². The highest BCUT2D eigenvalue weighted by molar-refractivity contribution is 6.31. The van der Waals surface area contributed by atoms with Gasteiger partial charge in [-0.2, -0.15) is 28.1 Å². The Hall–Kier alpha value is -3.21. The molecule has 0 amide bonds. The number of aromatic nitrogens is 4. The molecule has 4 rings (SSSR count). The summed E-state index contributed by atoms with van der Waals surface area (Å²) < 4.78 is 54.0. The minimum absolute atomic E-state index is 0.0432. The van der Waals surface area contributed by atoms with Gasteiger partial charge >= 0.3 is 6.18 Å². The van der Waals surface area contributed by atoms with Crippen molar-refractivity contribution >= 4 is 29.3 Å². The number of nitrogens with zero attached hydrogens (tertiary/aromatic N) is 7. The van der Waals surface area contributed by atoms with E-state index in [1.54, 1.807) is 11.0 Å². The van der Waals surface area contributed by atoms with E-state index < -0.39 is 17.6 Å². The van der Waals surface area contributed by atoms with E-state index in [9.17, 15) is 17.6 Å². The van der Waals surface area contributed by atoms with Crippen LogP contribution in [0.4, 0.5) is 35.3 Å². The van der Waals surface area contributed by atoms with Gasteiger partial charge in [0.05, 0.1) is 10.6 Å². The summed E-state index contributed by atoms with van der Waals surface area (Å²) in [5.74, 6) is 0.569. The van der Waals surface area contributed by atoms with Crippen molar-refractivity contribution in [1.29, 1.82) is 0 Å². The number of halogens is 5. The van der Waals surface area contributed by atoms with Crippen LogP contribution in [-0.2, 0) is 6.18 Å². The third-order valence-corrected chi connectivity index (χ3v) is 6.08. The fraction of sp³-hybridized carbons (Fsp3) is 0.391. The molecule has 186 valence electrons. The lowest BCUT2D eigenvalue weighted by molar-refractivity contribution is -0.137. The molecule has 0 unspecified atom stereocenters. The molecule has 1 aromatic carbocycles. The molecule has 1 saturated heterocycles. The van der Waals surface area contributed by atoms with Gasteiger partial charge in [-0.3, -0.25) is 0 Å². The number of hydrogen-bond donors (Lipinski definition) is 0. The van der Waals surface area contributed by atoms with Gasteiger partial charge in [0, 0.05) is 51.0 Å². The molecule has 0 aliphatic carbocycles. The van der Waals surface area contributed by atoms with Gasteiger partial charge in [0.2, 0.25) is 11.9 Å². The Balaban J connectivity index is 1.63. The van der Waals surface area contributed by atoms with Gasteiger partial charge in [0.25, 0.3) is 0 Å². The van der Waals surface area contributed by atoms with Crippen molar-refractivity contribution in [3.8, 4) is 11.4 Å². The Morgan fingerprint density at radius 3 is 2.29 bits per heavy atom. The summed E-state index contributed by atoms with van der Waals surface area (Å²) >= 11 is 5.97. The highest BCUT2D eigenvalue weighted by atomic mass is 35.5. The molecular weight excluding hydrogens is 486 g/mol. The number of anilines is 3. The Bertz CT molecular complexity index is 1180. The summed E-state index contributed by atoms with van der Waals surface area (Å²) in [4.78, 5) is 23.2. The lowest BCUT2D eigenvalue weighted by atomic mass is 10.2. The van der Waals surface area contributed by atoms with Gasteiger partial charge in [0.15, 0.2) is 5.82 Å². The highest BCUT2D eigenvalue weighted by Crippen LogP contribution is 2.35. The molecule has 0 N–H and O–H groups in total. The Labute approximate surface area is 205 Å². The second-order valence-electron chi connectivity index (χ2n) is 7.91. The van der Waals surface area contributed by atoms with E-state index in [2.05, 4.69) is 19.9 Å². The molecule has 1 fully saturated rings. The first-order chi connectivity index (χ1) is 16.7. The summed E-state index contributed by atoms with van der Waals surface area (Å²) in [5.41, 5.74) is -0.219. The van der Waals surface area contributed by atoms with E-state index in [0.717, 1.165) is 6.07 Å². The predicted molar refractivity (Wildman–Crippen MR) is 127 cm³/mol. The average molecular weight is 510 g/mol. The SMILES string of the molecule is CCN(CC)c1nc(-c2ccc(F)c(Cl)c2)nc(N2CCN(c3ncccc3C(F)(F)F)CC2)n1. The Morgan fingerprint density at radius 2 is 1.66 bits per heavy atom. The van der Waals surface area contributed by atoms with E-state index in [-0.39, 0.29) is 10.8 Å². The molecule has 3 aromatic rings. The molecule has 2 aromatic heterocycles. The fourth-order valence-electron chi connectivity index (χ4n) is 3.90. The zero-order valence-electron chi connectivity index (χ0n) is 19.2. The molecule has 7 nitrogen and oxygen atoms in total. The van der Waals surface area contributed by atoms with Crippen molar-refractivity contribution in [2.24, 2.45) is 0 Å². The van der Waals surface area contributed by atoms with E-state index >= 15 is 0 Å². The van der Waals surface area contributed by atoms with Crippen LogP contribution >= 0.6 is 11.6 Å². The Kier molecular flexibility index (Phi) is 7.25. The lowest BCUT2D eigenvalue weighted by Crippen LogP contribution is -2.48. The van der Waals surface area contributed by atoms with Crippen LogP contribution in [0.25, 0.3) is 11.4 Å². The second kappa shape index (κ2) is 10.2. The van der Waals surface area contributed by atoms with Crippen molar-refractivity contribution in [1.82, 2.24) is 19.9 Å². The summed E-state index contributed by atoms with van der Waals surface area (Å²) in [6.45, 7) is 6.68. The maximum absolute atomic E-state index is 13.7. The van der Waals surface area contributed by atoms with Gasteiger partial charge in [0.1, 0.15) is 11.6 Å². The van der Waals surface area contributed by atoms with Crippen LogP contribution in [0, 0.1) is 5.82 Å². The zero-order valence-corrected chi connectivity index (χ0v) is 20.0. The molecule has 0 saturated carbocycles. The molecule has 1 aliphatic rings. The number of pyridine rings is 1. The normalized spacial score (nSPS) is 14.4. The topological polar surface area (TPSA) is 61.3 Å². The predicted octanol–water partition coefficient (Wildman–Crippen LogP) is 4.92. The molecular formula is C23H24ClF4N7. The smallest absolute Gasteiger partial charge is 0.353 e. The Morgan fingerprint density at radius 1 is 0.971 bits per heavy atom. The molecule has 0 atom stereocenters. The van der Waals surface area contributed by atoms with E-state index in [1.807, 2.05) is 23.6 Å². The van der Waals surface area contributed by atoms with Crippen molar-refractivity contribution in [2.75, 3.05) is 54.0 Å². The second-order valence-corrected chi connectivity index (χ2v) is 8.31. The van der Waals surface area contributed by atoms with Crippen LogP contribution in [0.2, 0.25) is 5.02 Å². The number of piperazine rings is 1. The minimum Gasteiger partial charge on any atom is -0.353 e. The van der Waals surface area contributed by atoms with Crippen LogP contribution in [-0.4, -0.2) is 59.2 Å². The summed E-state index contributed by atoms with van der Waals surface area (Å²) in [5, 5.41) is -0.0432. The number of alkyl halides is 3. The minimum atomic E-state index is -4.49. The van der Waals surface area contributed by atoms with Crippen LogP contribution in [0.1, 0.15) is 19.4 Å². The van der Waals surface area contributed by atoms with Crippen molar-refractivity contribution in [2.45, 2.75) is 20.0 Å². The highest BCUT2D eigenvalue weighted by Gasteiger charge is 2.36. The third-order valence-electron chi connectivity index (χ3n) is 5.79. The standard InChI is InChI=1S/C23H24ClF4N7/c1-3-33(4-2)21-30-19(15-7-8-18(25)17(24)14-15)31-22(32-21)35-12-10-34(11-13-35)20-16(23(26,27)28)6-5-9-29-20/h5-9,14H,3-4,10-13H2,1-2H3. The van der Waals surface area contributed by atoms with Gasteiger partial charge < -0.3 is 14.7 Å². The molecule has 35 heavy (non-hydrogen) atoms. The fourth-order valence-corrected chi connectivity index (χ4v) is 4.08. The van der Waals surface area contributed by atoms with Crippen molar-refractivity contribution in [3.63, 3.8) is 0 Å². The summed E-state index contributed by atoms with van der Waals surface area (Å²) in [6.07, 6.45) is -3.13. The number of rotatable bonds is 6. The molecule has 0 spiro atoms. The maximum atomic E-state index is 13.7. The van der Waals surface area contributed by atoms with Crippen LogP contribution in [0.3, 0.4) is 0 Å². The largest absolute Gasteiger partial charge is 0.419 e. The van der Waals surface area contributed by atoms with Gasteiger partial charge in [-0.25, -0.2) is 9.37 Å². The van der Waals surface area contributed by atoms with Gasteiger partial charge in [-0.05, 0) is 44.2 Å². The van der Waals surface area contributed by atoms with Crippen LogP contribution < -0.4 is 14.7 Å². The van der Waals surface area contributed by atoms with Crippen molar-refractivity contribution < 1.29 is 17.6 Å². The van der Waals surface area contributed by atoms with E-state index in [1.165, 1.54) is 24.4 Å². The van der Waals surface area contributed by atoms with E-state index in [0.29, 0.717) is 62.6 Å². The van der Waals surface area contributed by atoms with E-state index in [4.69, 9.17) is 11.6 Å². The monoisotopic (exact) mass is 509 g/mol.